The van der Waals surface area contributed by atoms with Crippen LogP contribution in [-0.2, 0) is 10.0 Å². The third-order valence-electron chi connectivity index (χ3n) is 5.06. The lowest BCUT2D eigenvalue weighted by Gasteiger charge is -2.12. The van der Waals surface area contributed by atoms with Crippen molar-refractivity contribution < 1.29 is 17.6 Å². The van der Waals surface area contributed by atoms with Gasteiger partial charge in [0.15, 0.2) is 5.65 Å². The standard InChI is InChI=1S/C23H22FN5O3S/c1-14(2)29-22-16(12-26-29)10-17(13-25-22)27-23(30)19-11-18(9-8-15(19)3)33(31,32)28-21-7-5-4-6-20(21)24/h4-14,28H,1-3H3,(H,27,30). The zero-order valence-electron chi connectivity index (χ0n) is 18.2. The molecule has 2 N–H and O–H groups in total. The molecule has 0 unspecified atom stereocenters. The van der Waals surface area contributed by atoms with Crippen LogP contribution in [0.3, 0.4) is 0 Å². The van der Waals surface area contributed by atoms with Gasteiger partial charge in [-0.25, -0.2) is 22.5 Å². The zero-order valence-corrected chi connectivity index (χ0v) is 19.0. The van der Waals surface area contributed by atoms with Crippen LogP contribution in [0.4, 0.5) is 15.8 Å². The summed E-state index contributed by atoms with van der Waals surface area (Å²) >= 11 is 0. The van der Waals surface area contributed by atoms with Crippen molar-refractivity contribution in [3.8, 4) is 0 Å². The predicted molar refractivity (Wildman–Crippen MR) is 124 cm³/mol. The van der Waals surface area contributed by atoms with Gasteiger partial charge in [-0.3, -0.25) is 9.52 Å². The maximum atomic E-state index is 13.9. The van der Waals surface area contributed by atoms with Gasteiger partial charge in [0.2, 0.25) is 0 Å². The maximum absolute atomic E-state index is 13.9. The van der Waals surface area contributed by atoms with Crippen LogP contribution < -0.4 is 10.0 Å². The van der Waals surface area contributed by atoms with E-state index in [1.165, 1.54) is 42.6 Å². The Labute approximate surface area is 190 Å². The first-order chi connectivity index (χ1) is 15.7. The number of hydrogen-bond donors (Lipinski definition) is 2. The van der Waals surface area contributed by atoms with Crippen molar-refractivity contribution >= 4 is 38.3 Å². The molecule has 0 aliphatic carbocycles. The van der Waals surface area contributed by atoms with Crippen LogP contribution in [-0.4, -0.2) is 29.1 Å². The second-order valence-corrected chi connectivity index (χ2v) is 9.52. The van der Waals surface area contributed by atoms with Crippen molar-refractivity contribution in [1.29, 1.82) is 0 Å². The molecule has 4 rings (SSSR count). The van der Waals surface area contributed by atoms with Crippen molar-refractivity contribution in [1.82, 2.24) is 14.8 Å². The molecule has 0 spiro atoms. The first-order valence-corrected chi connectivity index (χ1v) is 11.7. The summed E-state index contributed by atoms with van der Waals surface area (Å²) in [5.74, 6) is -1.19. The van der Waals surface area contributed by atoms with Crippen LogP contribution in [0.5, 0.6) is 0 Å². The molecule has 0 saturated carbocycles. The molecule has 4 aromatic rings. The molecule has 0 aliphatic rings. The van der Waals surface area contributed by atoms with Crippen LogP contribution in [0.2, 0.25) is 0 Å². The third-order valence-corrected chi connectivity index (χ3v) is 6.43. The molecule has 1 amide bonds. The summed E-state index contributed by atoms with van der Waals surface area (Å²) in [6, 6.07) is 11.5. The van der Waals surface area contributed by atoms with Crippen LogP contribution in [0, 0.1) is 12.7 Å². The van der Waals surface area contributed by atoms with Gasteiger partial charge < -0.3 is 5.32 Å². The summed E-state index contributed by atoms with van der Waals surface area (Å²) < 4.78 is 43.4. The number of nitrogens with zero attached hydrogens (tertiary/aromatic N) is 3. The Hall–Kier alpha value is -3.79. The average Bonchev–Trinajstić information content (AvgIpc) is 3.19. The summed E-state index contributed by atoms with van der Waals surface area (Å²) in [5.41, 5.74) is 1.73. The SMILES string of the molecule is Cc1ccc(S(=O)(=O)Nc2ccccc2F)cc1C(=O)Nc1cnc2c(cnn2C(C)C)c1. The van der Waals surface area contributed by atoms with E-state index in [0.29, 0.717) is 16.9 Å². The fourth-order valence-corrected chi connectivity index (χ4v) is 4.44. The van der Waals surface area contributed by atoms with Crippen LogP contribution in [0.15, 0.2) is 65.8 Å². The van der Waals surface area contributed by atoms with Crippen molar-refractivity contribution in [3.05, 3.63) is 77.9 Å². The summed E-state index contributed by atoms with van der Waals surface area (Å²) in [4.78, 5) is 17.2. The topological polar surface area (TPSA) is 106 Å². The highest BCUT2D eigenvalue weighted by atomic mass is 32.2. The van der Waals surface area contributed by atoms with E-state index < -0.39 is 21.7 Å². The van der Waals surface area contributed by atoms with E-state index in [-0.39, 0.29) is 22.2 Å². The molecule has 2 aromatic heterocycles. The van der Waals surface area contributed by atoms with Gasteiger partial charge in [-0.05, 0) is 56.7 Å². The minimum Gasteiger partial charge on any atom is -0.321 e. The zero-order chi connectivity index (χ0) is 23.8. The highest BCUT2D eigenvalue weighted by Gasteiger charge is 2.20. The first-order valence-electron chi connectivity index (χ1n) is 10.2. The third kappa shape index (κ3) is 4.56. The molecular weight excluding hydrogens is 445 g/mol. The van der Waals surface area contributed by atoms with Gasteiger partial charge in [0, 0.05) is 17.0 Å². The fraction of sp³-hybridized carbons (Fsp3) is 0.174. The smallest absolute Gasteiger partial charge is 0.262 e. The molecule has 2 heterocycles. The fourth-order valence-electron chi connectivity index (χ4n) is 3.35. The quantitative estimate of drug-likeness (QED) is 0.434. The van der Waals surface area contributed by atoms with Gasteiger partial charge in [0.05, 0.1) is 28.7 Å². The van der Waals surface area contributed by atoms with E-state index in [9.17, 15) is 17.6 Å². The number of fused-ring (bicyclic) bond motifs is 1. The van der Waals surface area contributed by atoms with Crippen molar-refractivity contribution in [3.63, 3.8) is 0 Å². The van der Waals surface area contributed by atoms with E-state index >= 15 is 0 Å². The molecule has 0 aliphatic heterocycles. The molecule has 10 heteroatoms. The average molecular weight is 468 g/mol. The number of anilines is 2. The number of aromatic nitrogens is 3. The molecule has 0 radical (unpaired) electrons. The number of halogens is 1. The van der Waals surface area contributed by atoms with Crippen molar-refractivity contribution in [2.45, 2.75) is 31.7 Å². The van der Waals surface area contributed by atoms with Gasteiger partial charge >= 0.3 is 0 Å². The van der Waals surface area contributed by atoms with Gasteiger partial charge in [-0.1, -0.05) is 18.2 Å². The normalized spacial score (nSPS) is 11.7. The number of para-hydroxylation sites is 1. The summed E-state index contributed by atoms with van der Waals surface area (Å²) in [7, 11) is -4.11. The van der Waals surface area contributed by atoms with E-state index in [1.807, 2.05) is 13.8 Å². The van der Waals surface area contributed by atoms with E-state index in [4.69, 9.17) is 0 Å². The largest absolute Gasteiger partial charge is 0.321 e. The number of aryl methyl sites for hydroxylation is 1. The van der Waals surface area contributed by atoms with E-state index in [2.05, 4.69) is 20.1 Å². The minimum atomic E-state index is -4.11. The monoisotopic (exact) mass is 467 g/mol. The molecule has 33 heavy (non-hydrogen) atoms. The number of carbonyl (C=O) groups excluding carboxylic acids is 1. The molecule has 0 fully saturated rings. The second kappa shape index (κ2) is 8.62. The van der Waals surface area contributed by atoms with Gasteiger partial charge in [-0.15, -0.1) is 0 Å². The lowest BCUT2D eigenvalue weighted by Crippen LogP contribution is -2.17. The second-order valence-electron chi connectivity index (χ2n) is 7.84. The summed E-state index contributed by atoms with van der Waals surface area (Å²) in [6.07, 6.45) is 3.20. The highest BCUT2D eigenvalue weighted by molar-refractivity contribution is 7.92. The molecule has 0 atom stereocenters. The Morgan fingerprint density at radius 2 is 1.85 bits per heavy atom. The highest BCUT2D eigenvalue weighted by Crippen LogP contribution is 2.23. The van der Waals surface area contributed by atoms with Crippen molar-refractivity contribution in [2.24, 2.45) is 0 Å². The number of pyridine rings is 1. The van der Waals surface area contributed by atoms with Gasteiger partial charge in [0.25, 0.3) is 15.9 Å². The number of carbonyl (C=O) groups is 1. The number of amides is 1. The summed E-state index contributed by atoms with van der Waals surface area (Å²) in [5, 5.41) is 7.83. The number of nitrogens with one attached hydrogen (secondary N) is 2. The molecular formula is C23H22FN5O3S. The molecule has 170 valence electrons. The van der Waals surface area contributed by atoms with Crippen LogP contribution in [0.25, 0.3) is 11.0 Å². The number of benzene rings is 2. The Kier molecular flexibility index (Phi) is 5.86. The van der Waals surface area contributed by atoms with E-state index in [1.54, 1.807) is 23.9 Å². The maximum Gasteiger partial charge on any atom is 0.262 e. The lowest BCUT2D eigenvalue weighted by molar-refractivity contribution is 0.102. The number of hydrogen-bond acceptors (Lipinski definition) is 5. The Balaban J connectivity index is 1.60. The molecule has 0 saturated heterocycles. The summed E-state index contributed by atoms with van der Waals surface area (Å²) in [6.45, 7) is 5.69. The Morgan fingerprint density at radius 1 is 1.09 bits per heavy atom. The predicted octanol–water partition coefficient (Wildman–Crippen LogP) is 4.51. The Morgan fingerprint density at radius 3 is 2.58 bits per heavy atom. The molecule has 8 nitrogen and oxygen atoms in total. The number of sulfonamides is 1. The van der Waals surface area contributed by atoms with Crippen LogP contribution in [0.1, 0.15) is 35.8 Å². The van der Waals surface area contributed by atoms with Gasteiger partial charge in [-0.2, -0.15) is 5.10 Å². The Bertz CT molecular complexity index is 1460. The first kappa shape index (κ1) is 22.4. The van der Waals surface area contributed by atoms with Crippen LogP contribution >= 0.6 is 0 Å². The number of rotatable bonds is 6. The minimum absolute atomic E-state index is 0.140. The molecule has 2 aromatic carbocycles. The van der Waals surface area contributed by atoms with E-state index in [0.717, 1.165) is 11.5 Å². The molecule has 0 bridgehead atoms. The lowest BCUT2D eigenvalue weighted by atomic mass is 10.1. The van der Waals surface area contributed by atoms with Gasteiger partial charge in [0.1, 0.15) is 5.82 Å². The van der Waals surface area contributed by atoms with Crippen molar-refractivity contribution in [2.75, 3.05) is 10.0 Å².